The molecule has 0 spiro atoms. The molecular weight excluding hydrogens is 363 g/mol. The first-order chi connectivity index (χ1) is 12.9. The Morgan fingerprint density at radius 2 is 1.67 bits per heavy atom. The van der Waals surface area contributed by atoms with Gasteiger partial charge in [0.15, 0.2) is 5.76 Å². The van der Waals surface area contributed by atoms with Gasteiger partial charge in [-0.15, -0.1) is 13.2 Å². The van der Waals surface area contributed by atoms with Crippen LogP contribution in [0.1, 0.15) is 16.1 Å². The maximum atomic E-state index is 12.3. The number of ether oxygens (including phenoxy) is 2. The molecule has 1 aromatic heterocycles. The molecule has 0 bridgehead atoms. The van der Waals surface area contributed by atoms with Crippen LogP contribution in [-0.4, -0.2) is 12.3 Å². The Kier molecular flexibility index (Phi) is 5.35. The lowest BCUT2D eigenvalue weighted by atomic mass is 10.2. The summed E-state index contributed by atoms with van der Waals surface area (Å²) in [6.07, 6.45) is -3.41. The van der Waals surface area contributed by atoms with Gasteiger partial charge in [-0.2, -0.15) is 0 Å². The molecule has 0 fully saturated rings. The zero-order valence-corrected chi connectivity index (χ0v) is 13.8. The number of anilines is 1. The molecule has 8 heteroatoms. The molecular formula is C19H14F3NO4. The molecule has 0 atom stereocenters. The number of hydrogen-bond donors (Lipinski definition) is 1. The highest BCUT2D eigenvalue weighted by molar-refractivity contribution is 6.03. The van der Waals surface area contributed by atoms with Gasteiger partial charge in [-0.05, 0) is 42.5 Å². The van der Waals surface area contributed by atoms with E-state index in [1.807, 2.05) is 18.2 Å². The van der Waals surface area contributed by atoms with Crippen LogP contribution in [0.5, 0.6) is 11.5 Å². The van der Waals surface area contributed by atoms with Crippen LogP contribution in [-0.2, 0) is 6.61 Å². The van der Waals surface area contributed by atoms with Gasteiger partial charge in [0.1, 0.15) is 18.1 Å². The second-order valence-electron chi connectivity index (χ2n) is 5.40. The van der Waals surface area contributed by atoms with Gasteiger partial charge in [0.25, 0.3) is 5.91 Å². The van der Waals surface area contributed by atoms with Crippen molar-refractivity contribution >= 4 is 11.6 Å². The maximum Gasteiger partial charge on any atom is 0.573 e. The van der Waals surface area contributed by atoms with E-state index in [0.717, 1.165) is 12.1 Å². The van der Waals surface area contributed by atoms with E-state index in [4.69, 9.17) is 9.15 Å². The Balaban J connectivity index is 1.62. The fourth-order valence-electron chi connectivity index (χ4n) is 2.25. The summed E-state index contributed by atoms with van der Waals surface area (Å²) in [4.78, 5) is 12.3. The van der Waals surface area contributed by atoms with Gasteiger partial charge in [-0.1, -0.05) is 18.2 Å². The van der Waals surface area contributed by atoms with Crippen molar-refractivity contribution in [2.45, 2.75) is 13.0 Å². The molecule has 3 rings (SSSR count). The Hall–Kier alpha value is -3.42. The fourth-order valence-corrected chi connectivity index (χ4v) is 2.25. The zero-order valence-electron chi connectivity index (χ0n) is 13.8. The largest absolute Gasteiger partial charge is 0.573 e. The number of halogens is 3. The van der Waals surface area contributed by atoms with E-state index in [0.29, 0.717) is 17.0 Å². The molecule has 3 aromatic rings. The number of benzene rings is 2. The average molecular weight is 377 g/mol. The zero-order chi connectivity index (χ0) is 19.3. The number of nitrogens with one attached hydrogen (secondary N) is 1. The van der Waals surface area contributed by atoms with Crippen molar-refractivity contribution in [1.82, 2.24) is 0 Å². The van der Waals surface area contributed by atoms with E-state index in [1.165, 1.54) is 18.4 Å². The lowest BCUT2D eigenvalue weighted by Gasteiger charge is -2.10. The molecule has 0 radical (unpaired) electrons. The number of amides is 1. The Bertz CT molecular complexity index is 889. The van der Waals surface area contributed by atoms with E-state index < -0.39 is 12.3 Å². The molecule has 0 aliphatic rings. The number of furan rings is 1. The van der Waals surface area contributed by atoms with Gasteiger partial charge in [0, 0.05) is 11.3 Å². The van der Waals surface area contributed by atoms with Crippen LogP contribution in [0.3, 0.4) is 0 Å². The quantitative estimate of drug-likeness (QED) is 0.656. The molecule has 0 unspecified atom stereocenters. The first-order valence-corrected chi connectivity index (χ1v) is 7.82. The predicted molar refractivity (Wildman–Crippen MR) is 90.6 cm³/mol. The van der Waals surface area contributed by atoms with Crippen molar-refractivity contribution in [3.05, 3.63) is 78.3 Å². The Labute approximate surface area is 152 Å². The second kappa shape index (κ2) is 7.86. The van der Waals surface area contributed by atoms with E-state index in [9.17, 15) is 18.0 Å². The normalized spacial score (nSPS) is 11.1. The Morgan fingerprint density at radius 3 is 2.33 bits per heavy atom. The van der Waals surface area contributed by atoms with Crippen LogP contribution in [0.25, 0.3) is 0 Å². The van der Waals surface area contributed by atoms with Crippen LogP contribution in [0.15, 0.2) is 71.3 Å². The number of carbonyl (C=O) groups is 1. The van der Waals surface area contributed by atoms with Crippen molar-refractivity contribution < 1.29 is 31.9 Å². The van der Waals surface area contributed by atoms with E-state index in [-0.39, 0.29) is 18.1 Å². The Morgan fingerprint density at radius 1 is 0.963 bits per heavy atom. The molecule has 1 N–H and O–H groups in total. The summed E-state index contributed by atoms with van der Waals surface area (Å²) >= 11 is 0. The monoisotopic (exact) mass is 377 g/mol. The summed E-state index contributed by atoms with van der Waals surface area (Å²) in [5, 5.41) is 2.55. The highest BCUT2D eigenvalue weighted by atomic mass is 19.4. The molecule has 1 amide bonds. The van der Waals surface area contributed by atoms with Crippen molar-refractivity contribution in [1.29, 1.82) is 0 Å². The molecule has 140 valence electrons. The standard InChI is InChI=1S/C19H14F3NO4/c20-19(21,22)27-16-8-6-14(7-9-16)23-18(24)17-13(10-11-25-17)12-26-15-4-2-1-3-5-15/h1-11H,12H2,(H,23,24). The van der Waals surface area contributed by atoms with Crippen LogP contribution in [0, 0.1) is 0 Å². The smallest absolute Gasteiger partial charge is 0.489 e. The molecule has 0 saturated heterocycles. The van der Waals surface area contributed by atoms with Crippen molar-refractivity contribution in [3.63, 3.8) is 0 Å². The van der Waals surface area contributed by atoms with E-state index >= 15 is 0 Å². The molecule has 0 aliphatic carbocycles. The lowest BCUT2D eigenvalue weighted by molar-refractivity contribution is -0.274. The maximum absolute atomic E-state index is 12.3. The number of alkyl halides is 3. The molecule has 2 aromatic carbocycles. The van der Waals surface area contributed by atoms with Crippen LogP contribution in [0.2, 0.25) is 0 Å². The average Bonchev–Trinajstić information content (AvgIpc) is 3.10. The molecule has 1 heterocycles. The predicted octanol–water partition coefficient (Wildman–Crippen LogP) is 5.01. The highest BCUT2D eigenvalue weighted by Gasteiger charge is 2.31. The van der Waals surface area contributed by atoms with Gasteiger partial charge < -0.3 is 19.2 Å². The summed E-state index contributed by atoms with van der Waals surface area (Å²) in [5.41, 5.74) is 0.828. The summed E-state index contributed by atoms with van der Waals surface area (Å²) in [7, 11) is 0. The van der Waals surface area contributed by atoms with Crippen LogP contribution >= 0.6 is 0 Å². The number of para-hydroxylation sites is 1. The number of hydrogen-bond acceptors (Lipinski definition) is 4. The van der Waals surface area contributed by atoms with Crippen molar-refractivity contribution in [2.24, 2.45) is 0 Å². The van der Waals surface area contributed by atoms with Gasteiger partial charge in [-0.3, -0.25) is 4.79 Å². The first kappa shape index (κ1) is 18.4. The third-order valence-electron chi connectivity index (χ3n) is 3.44. The van der Waals surface area contributed by atoms with Gasteiger partial charge in [-0.25, -0.2) is 0 Å². The minimum absolute atomic E-state index is 0.0570. The van der Waals surface area contributed by atoms with E-state index in [2.05, 4.69) is 10.1 Å². The van der Waals surface area contributed by atoms with Gasteiger partial charge >= 0.3 is 6.36 Å². The number of rotatable bonds is 6. The lowest BCUT2D eigenvalue weighted by Crippen LogP contribution is -2.17. The minimum Gasteiger partial charge on any atom is -0.489 e. The van der Waals surface area contributed by atoms with Crippen molar-refractivity contribution in [2.75, 3.05) is 5.32 Å². The summed E-state index contributed by atoms with van der Waals surface area (Å²) in [6.45, 7) is 0.127. The fraction of sp³-hybridized carbons (Fsp3) is 0.105. The second-order valence-corrected chi connectivity index (χ2v) is 5.40. The van der Waals surface area contributed by atoms with Crippen molar-refractivity contribution in [3.8, 4) is 11.5 Å². The highest BCUT2D eigenvalue weighted by Crippen LogP contribution is 2.24. The topological polar surface area (TPSA) is 60.7 Å². The molecule has 0 saturated carbocycles. The summed E-state index contributed by atoms with van der Waals surface area (Å²) in [5.74, 6) is -0.224. The third kappa shape index (κ3) is 5.27. The van der Waals surface area contributed by atoms with E-state index in [1.54, 1.807) is 18.2 Å². The summed E-state index contributed by atoms with van der Waals surface area (Å²) < 4.78 is 51.1. The summed E-state index contributed by atoms with van der Waals surface area (Å²) in [6, 6.07) is 15.5. The van der Waals surface area contributed by atoms with Gasteiger partial charge in [0.2, 0.25) is 0 Å². The molecule has 5 nitrogen and oxygen atoms in total. The van der Waals surface area contributed by atoms with Crippen LogP contribution < -0.4 is 14.8 Å². The third-order valence-corrected chi connectivity index (χ3v) is 3.44. The molecule has 0 aliphatic heterocycles. The van der Waals surface area contributed by atoms with Crippen LogP contribution in [0.4, 0.5) is 18.9 Å². The SMILES string of the molecule is O=C(Nc1ccc(OC(F)(F)F)cc1)c1occc1COc1ccccc1. The number of carbonyl (C=O) groups excluding carboxylic acids is 1. The minimum atomic E-state index is -4.77. The van der Waals surface area contributed by atoms with Gasteiger partial charge in [0.05, 0.1) is 6.26 Å². The first-order valence-electron chi connectivity index (χ1n) is 7.82. The molecule has 27 heavy (non-hydrogen) atoms.